The van der Waals surface area contributed by atoms with Gasteiger partial charge in [0.05, 0.1) is 0 Å². The molecule has 0 bridgehead atoms. The van der Waals surface area contributed by atoms with Gasteiger partial charge in [0, 0.05) is 17.7 Å². The average molecular weight is 351 g/mol. The van der Waals surface area contributed by atoms with Crippen LogP contribution in [0.2, 0.25) is 0 Å². The van der Waals surface area contributed by atoms with Crippen molar-refractivity contribution < 1.29 is 13.7 Å². The summed E-state index contributed by atoms with van der Waals surface area (Å²) < 4.78 is 18.5. The molecule has 2 aromatic carbocycles. The molecule has 0 unspecified atom stereocenters. The van der Waals surface area contributed by atoms with E-state index in [1.54, 1.807) is 17.0 Å². The molecule has 0 N–H and O–H groups in total. The number of hydrogen-bond donors (Lipinski definition) is 0. The van der Waals surface area contributed by atoms with Crippen molar-refractivity contribution in [2.75, 3.05) is 6.54 Å². The molecule has 1 atom stereocenters. The molecule has 0 radical (unpaired) electrons. The summed E-state index contributed by atoms with van der Waals surface area (Å²) in [6, 6.07) is 13.2. The van der Waals surface area contributed by atoms with Crippen molar-refractivity contribution in [3.05, 3.63) is 71.4 Å². The molecule has 4 rings (SSSR count). The summed E-state index contributed by atoms with van der Waals surface area (Å²) in [5.41, 5.74) is 2.31. The van der Waals surface area contributed by atoms with E-state index in [2.05, 4.69) is 10.1 Å². The van der Waals surface area contributed by atoms with Gasteiger partial charge in [0.15, 0.2) is 0 Å². The van der Waals surface area contributed by atoms with Crippen molar-refractivity contribution >= 4 is 5.91 Å². The first-order valence-corrected chi connectivity index (χ1v) is 8.59. The van der Waals surface area contributed by atoms with E-state index in [-0.39, 0.29) is 17.8 Å². The first kappa shape index (κ1) is 16.4. The Balaban J connectivity index is 1.60. The smallest absolute Gasteiger partial charge is 0.254 e. The van der Waals surface area contributed by atoms with Crippen LogP contribution in [-0.2, 0) is 0 Å². The van der Waals surface area contributed by atoms with Gasteiger partial charge in [-0.2, -0.15) is 4.98 Å². The van der Waals surface area contributed by atoms with Gasteiger partial charge in [-0.15, -0.1) is 0 Å². The van der Waals surface area contributed by atoms with E-state index < -0.39 is 0 Å². The molecule has 3 aromatic rings. The van der Waals surface area contributed by atoms with E-state index in [4.69, 9.17) is 4.52 Å². The highest BCUT2D eigenvalue weighted by Crippen LogP contribution is 2.33. The fourth-order valence-electron chi connectivity index (χ4n) is 3.32. The maximum atomic E-state index is 13.1. The van der Waals surface area contributed by atoms with E-state index in [0.717, 1.165) is 18.4 Å². The molecule has 5 nitrogen and oxygen atoms in total. The highest BCUT2D eigenvalue weighted by atomic mass is 19.1. The molecule has 1 aromatic heterocycles. The first-order valence-electron chi connectivity index (χ1n) is 8.59. The minimum atomic E-state index is -0.316. The molecule has 1 aliphatic heterocycles. The lowest BCUT2D eigenvalue weighted by atomic mass is 10.1. The number of amides is 1. The van der Waals surface area contributed by atoms with Crippen LogP contribution in [0.15, 0.2) is 53.1 Å². The summed E-state index contributed by atoms with van der Waals surface area (Å²) in [6.07, 6.45) is 1.67. The predicted octanol–water partition coefficient (Wildman–Crippen LogP) is 4.16. The molecule has 1 aliphatic rings. The highest BCUT2D eigenvalue weighted by molar-refractivity contribution is 5.96. The van der Waals surface area contributed by atoms with Crippen molar-refractivity contribution in [2.24, 2.45) is 0 Å². The minimum Gasteiger partial charge on any atom is -0.337 e. The summed E-state index contributed by atoms with van der Waals surface area (Å²) in [5.74, 6) is 0.481. The number of aryl methyl sites for hydroxylation is 1. The van der Waals surface area contributed by atoms with Crippen molar-refractivity contribution in [2.45, 2.75) is 25.8 Å². The Kier molecular flexibility index (Phi) is 4.24. The van der Waals surface area contributed by atoms with E-state index in [1.165, 1.54) is 12.1 Å². The largest absolute Gasteiger partial charge is 0.337 e. The van der Waals surface area contributed by atoms with Crippen molar-refractivity contribution in [1.29, 1.82) is 0 Å². The molecule has 26 heavy (non-hydrogen) atoms. The van der Waals surface area contributed by atoms with Gasteiger partial charge in [0.1, 0.15) is 11.9 Å². The number of benzene rings is 2. The van der Waals surface area contributed by atoms with Gasteiger partial charge in [-0.3, -0.25) is 4.79 Å². The zero-order valence-electron chi connectivity index (χ0n) is 14.4. The van der Waals surface area contributed by atoms with Crippen molar-refractivity contribution in [1.82, 2.24) is 15.0 Å². The van der Waals surface area contributed by atoms with Crippen LogP contribution >= 0.6 is 0 Å². The van der Waals surface area contributed by atoms with Crippen molar-refractivity contribution in [3.8, 4) is 11.4 Å². The third-order valence-corrected chi connectivity index (χ3v) is 4.72. The Labute approximate surface area is 150 Å². The Morgan fingerprint density at radius 1 is 1.19 bits per heavy atom. The van der Waals surface area contributed by atoms with Crippen LogP contribution in [0.1, 0.15) is 40.7 Å². The lowest BCUT2D eigenvalue weighted by molar-refractivity contribution is 0.0709. The second kappa shape index (κ2) is 6.71. The van der Waals surface area contributed by atoms with Crippen LogP contribution in [-0.4, -0.2) is 27.5 Å². The van der Waals surface area contributed by atoms with Gasteiger partial charge in [0.25, 0.3) is 5.91 Å². The van der Waals surface area contributed by atoms with Crippen LogP contribution in [0.4, 0.5) is 4.39 Å². The Morgan fingerprint density at radius 3 is 2.73 bits per heavy atom. The summed E-state index contributed by atoms with van der Waals surface area (Å²) in [6.45, 7) is 2.59. The molecule has 0 aliphatic carbocycles. The fourth-order valence-corrected chi connectivity index (χ4v) is 3.32. The SMILES string of the molecule is Cc1ccccc1C(=O)N1CCC[C@H]1c1nc(-c2ccc(F)cc2)no1. The Morgan fingerprint density at radius 2 is 1.96 bits per heavy atom. The molecule has 6 heteroatoms. The second-order valence-electron chi connectivity index (χ2n) is 6.43. The maximum Gasteiger partial charge on any atom is 0.254 e. The predicted molar refractivity (Wildman–Crippen MR) is 93.9 cm³/mol. The molecular weight excluding hydrogens is 333 g/mol. The quantitative estimate of drug-likeness (QED) is 0.711. The summed E-state index contributed by atoms with van der Waals surface area (Å²) in [4.78, 5) is 19.2. The van der Waals surface area contributed by atoms with E-state index in [0.29, 0.717) is 29.4 Å². The van der Waals surface area contributed by atoms with Crippen LogP contribution in [0.5, 0.6) is 0 Å². The third-order valence-electron chi connectivity index (χ3n) is 4.72. The number of halogens is 1. The van der Waals surface area contributed by atoms with Crippen LogP contribution in [0, 0.1) is 12.7 Å². The van der Waals surface area contributed by atoms with Gasteiger partial charge in [0.2, 0.25) is 11.7 Å². The molecule has 0 saturated carbocycles. The van der Waals surface area contributed by atoms with Crippen LogP contribution in [0.3, 0.4) is 0 Å². The molecule has 1 fully saturated rings. The lowest BCUT2D eigenvalue weighted by Crippen LogP contribution is -2.31. The summed E-state index contributed by atoms with van der Waals surface area (Å²) in [5, 5.41) is 4.00. The van der Waals surface area contributed by atoms with E-state index in [1.807, 2.05) is 31.2 Å². The van der Waals surface area contributed by atoms with Gasteiger partial charge >= 0.3 is 0 Å². The summed E-state index contributed by atoms with van der Waals surface area (Å²) >= 11 is 0. The average Bonchev–Trinajstić information content (AvgIpc) is 3.31. The topological polar surface area (TPSA) is 59.2 Å². The molecule has 2 heterocycles. The number of likely N-dealkylation sites (tertiary alicyclic amines) is 1. The molecule has 132 valence electrons. The number of nitrogens with zero attached hydrogens (tertiary/aromatic N) is 3. The summed E-state index contributed by atoms with van der Waals surface area (Å²) in [7, 11) is 0. The number of hydrogen-bond acceptors (Lipinski definition) is 4. The lowest BCUT2D eigenvalue weighted by Gasteiger charge is -2.22. The monoisotopic (exact) mass is 351 g/mol. The second-order valence-corrected chi connectivity index (χ2v) is 6.43. The normalized spacial score (nSPS) is 16.8. The zero-order valence-corrected chi connectivity index (χ0v) is 14.4. The number of rotatable bonds is 3. The Bertz CT molecular complexity index is 936. The van der Waals surface area contributed by atoms with Gasteiger partial charge < -0.3 is 9.42 Å². The zero-order chi connectivity index (χ0) is 18.1. The highest BCUT2D eigenvalue weighted by Gasteiger charge is 2.35. The van der Waals surface area contributed by atoms with E-state index in [9.17, 15) is 9.18 Å². The van der Waals surface area contributed by atoms with Crippen LogP contribution in [0.25, 0.3) is 11.4 Å². The van der Waals surface area contributed by atoms with Crippen LogP contribution < -0.4 is 0 Å². The standard InChI is InChI=1S/C20H18FN3O2/c1-13-5-2-3-6-16(13)20(25)24-12-4-7-17(24)19-22-18(23-26-19)14-8-10-15(21)11-9-14/h2-3,5-6,8-11,17H,4,7,12H2,1H3/t17-/m0/s1. The molecule has 1 amide bonds. The molecule has 1 saturated heterocycles. The van der Waals surface area contributed by atoms with Crippen molar-refractivity contribution in [3.63, 3.8) is 0 Å². The maximum absolute atomic E-state index is 13.1. The number of carbonyl (C=O) groups excluding carboxylic acids is 1. The third kappa shape index (κ3) is 2.98. The van der Waals surface area contributed by atoms with E-state index >= 15 is 0 Å². The first-order chi connectivity index (χ1) is 12.6. The van der Waals surface area contributed by atoms with Gasteiger partial charge in [-0.1, -0.05) is 23.4 Å². The minimum absolute atomic E-state index is 0.0212. The van der Waals surface area contributed by atoms with Gasteiger partial charge in [-0.05, 0) is 55.7 Å². The molecular formula is C20H18FN3O2. The fraction of sp³-hybridized carbons (Fsp3) is 0.250. The molecule has 0 spiro atoms. The van der Waals surface area contributed by atoms with Gasteiger partial charge in [-0.25, -0.2) is 4.39 Å². The Hall–Kier alpha value is -3.02. The number of carbonyl (C=O) groups is 1. The number of aromatic nitrogens is 2.